The minimum Gasteiger partial charge on any atom is -0.395 e. The molecule has 0 fully saturated rings. The number of aliphatic hydroxyl groups is 3. The summed E-state index contributed by atoms with van der Waals surface area (Å²) < 4.78 is 5.42. The highest BCUT2D eigenvalue weighted by molar-refractivity contribution is 5.79. The van der Waals surface area contributed by atoms with Crippen molar-refractivity contribution >= 4 is 17.9 Å². The van der Waals surface area contributed by atoms with Gasteiger partial charge in [0.25, 0.3) is 0 Å². The van der Waals surface area contributed by atoms with Crippen molar-refractivity contribution in [2.24, 2.45) is 30.6 Å². The lowest BCUT2D eigenvalue weighted by Gasteiger charge is -2.02. The van der Waals surface area contributed by atoms with E-state index >= 15 is 0 Å². The Balaban J connectivity index is 0.000000807. The predicted octanol–water partition coefficient (Wildman–Crippen LogP) is 1.82. The van der Waals surface area contributed by atoms with E-state index in [-0.39, 0.29) is 27.2 Å². The highest BCUT2D eigenvalue weighted by Gasteiger charge is 2.07. The lowest BCUT2D eigenvalue weighted by atomic mass is 10.4. The predicted molar refractivity (Wildman–Crippen MR) is 152 cm³/mol. The van der Waals surface area contributed by atoms with Crippen LogP contribution in [0.4, 0.5) is 5.82 Å². The number of rotatable bonds is 9. The number of nitrogens with zero attached hydrogens (tertiary/aromatic N) is 9. The monoisotopic (exact) mass is 558 g/mol. The van der Waals surface area contributed by atoms with E-state index in [2.05, 4.69) is 30.6 Å². The van der Waals surface area contributed by atoms with Gasteiger partial charge in [0, 0.05) is 44.7 Å². The Hall–Kier alpha value is -4.21. The molecule has 3 heterocycles. The van der Waals surface area contributed by atoms with Gasteiger partial charge >= 0.3 is 5.82 Å². The summed E-state index contributed by atoms with van der Waals surface area (Å²) >= 11 is 0. The first-order valence-electron chi connectivity index (χ1n) is 12.0. The number of pyridine rings is 3. The normalized spacial score (nSPS) is 12.0. The minimum atomic E-state index is 0. The van der Waals surface area contributed by atoms with Crippen LogP contribution in [0.5, 0.6) is 0 Å². The summed E-state index contributed by atoms with van der Waals surface area (Å²) in [5.74, 6) is 1.02. The molecule has 0 aromatic carbocycles. The number of hydrogen-bond donors (Lipinski definition) is 5. The molecule has 0 atom stereocenters. The van der Waals surface area contributed by atoms with Crippen molar-refractivity contribution in [1.29, 1.82) is 0 Å². The lowest BCUT2D eigenvalue weighted by Crippen LogP contribution is -2.35. The molecule has 14 nitrogen and oxygen atoms in total. The molecule has 0 spiro atoms. The molecular weight excluding hydrogens is 518 g/mol. The van der Waals surface area contributed by atoms with Crippen LogP contribution in [0.25, 0.3) is 0 Å². The van der Waals surface area contributed by atoms with Crippen LogP contribution in [0.15, 0.2) is 104 Å². The van der Waals surface area contributed by atoms with Gasteiger partial charge in [0.1, 0.15) is 6.54 Å². The van der Waals surface area contributed by atoms with Crippen LogP contribution in [0.1, 0.15) is 21.3 Å². The van der Waals surface area contributed by atoms with Crippen LogP contribution in [-0.4, -0.2) is 66.8 Å². The fraction of sp³-hybridized carbons (Fsp3) is 0.346. The standard InChI is InChI=1S/C16H21N6O2.C9H13N3O.CH4.H2O2/c1-14(17-19-15-6-2-4-8-21(15)10-12-23)18-20-16-7-3-5-9-22(16)11-13-24;1-2-10-11-9-5-3-4-6-12(9)7-8-13;;1-2/h2-9,23-24H,10-13H2,1H3;2-6,13H,7-8H2,1H3;1H4;1-2H/q+1;;;/b;10-2-,11-9+;;. The van der Waals surface area contributed by atoms with Gasteiger partial charge in [-0.1, -0.05) is 25.6 Å². The van der Waals surface area contributed by atoms with Gasteiger partial charge in [-0.2, -0.15) is 5.10 Å². The molecule has 0 aliphatic carbocycles. The third kappa shape index (κ3) is 13.5. The first kappa shape index (κ1) is 35.8. The van der Waals surface area contributed by atoms with E-state index in [1.54, 1.807) is 34.4 Å². The summed E-state index contributed by atoms with van der Waals surface area (Å²) in [5, 5.41) is 63.0. The van der Waals surface area contributed by atoms with Gasteiger partial charge in [-0.3, -0.25) is 10.5 Å². The second-order valence-electron chi connectivity index (χ2n) is 7.35. The van der Waals surface area contributed by atoms with E-state index in [0.717, 1.165) is 5.49 Å². The number of aliphatic hydroxyl groups excluding tert-OH is 3. The van der Waals surface area contributed by atoms with E-state index in [0.29, 0.717) is 36.8 Å². The average Bonchev–Trinajstić information content (AvgIpc) is 2.98. The van der Waals surface area contributed by atoms with Crippen LogP contribution in [0.2, 0.25) is 0 Å². The Morgan fingerprint density at radius 3 is 1.95 bits per heavy atom. The molecule has 40 heavy (non-hydrogen) atoms. The Kier molecular flexibility index (Phi) is 20.4. The van der Waals surface area contributed by atoms with Crippen molar-refractivity contribution < 1.29 is 30.4 Å². The molecule has 0 aliphatic rings. The van der Waals surface area contributed by atoms with E-state index in [1.165, 1.54) is 0 Å². The quantitative estimate of drug-likeness (QED) is 0.0667. The SMILES string of the molecule is C.C/C(N=Nc1cccc[n+]1CCO)=N\N=c1/ccccn1CCO.C/C=N\N=c1/ccccn1CCO.OO. The number of aromatic nitrogens is 3. The lowest BCUT2D eigenvalue weighted by molar-refractivity contribution is -0.685. The molecule has 0 radical (unpaired) electrons. The van der Waals surface area contributed by atoms with Crippen LogP contribution in [0, 0.1) is 0 Å². The second-order valence-corrected chi connectivity index (χ2v) is 7.35. The first-order chi connectivity index (χ1) is 19.1. The molecule has 3 aromatic heterocycles. The summed E-state index contributed by atoms with van der Waals surface area (Å²) in [6, 6.07) is 16.7. The molecule has 0 unspecified atom stereocenters. The highest BCUT2D eigenvalue weighted by atomic mass is 17.0. The summed E-state index contributed by atoms with van der Waals surface area (Å²) in [6.45, 7) is 5.10. The fourth-order valence-corrected chi connectivity index (χ4v) is 2.95. The molecule has 0 saturated carbocycles. The topological polar surface area (TPSA) is 189 Å². The molecule has 3 rings (SSSR count). The van der Waals surface area contributed by atoms with Gasteiger partial charge in [-0.15, -0.1) is 15.3 Å². The van der Waals surface area contributed by atoms with Crippen LogP contribution >= 0.6 is 0 Å². The van der Waals surface area contributed by atoms with Crippen molar-refractivity contribution in [3.63, 3.8) is 0 Å². The Morgan fingerprint density at radius 1 is 0.825 bits per heavy atom. The minimum absolute atomic E-state index is 0. The maximum atomic E-state index is 9.05. The molecule has 0 bridgehead atoms. The zero-order valence-corrected chi connectivity index (χ0v) is 22.0. The van der Waals surface area contributed by atoms with Crippen molar-refractivity contribution in [3.05, 3.63) is 84.2 Å². The molecular formula is C26H40N9O5+. The summed E-state index contributed by atoms with van der Waals surface area (Å²) in [4.78, 5) is 0. The number of amidine groups is 1. The van der Waals surface area contributed by atoms with Crippen molar-refractivity contribution in [3.8, 4) is 0 Å². The number of hydrogen-bond acceptors (Lipinski definition) is 10. The molecule has 0 aliphatic heterocycles. The van der Waals surface area contributed by atoms with Crippen molar-refractivity contribution in [2.75, 3.05) is 19.8 Å². The van der Waals surface area contributed by atoms with Crippen molar-refractivity contribution in [2.45, 2.75) is 40.9 Å². The Morgan fingerprint density at radius 2 is 1.40 bits per heavy atom. The van der Waals surface area contributed by atoms with Crippen molar-refractivity contribution in [1.82, 2.24) is 9.13 Å². The van der Waals surface area contributed by atoms with Crippen LogP contribution in [0.3, 0.4) is 0 Å². The third-order valence-corrected chi connectivity index (χ3v) is 4.64. The van der Waals surface area contributed by atoms with E-state index < -0.39 is 0 Å². The van der Waals surface area contributed by atoms with Gasteiger partial charge in [0.2, 0.25) is 0 Å². The van der Waals surface area contributed by atoms with Gasteiger partial charge in [0.05, 0.1) is 31.1 Å². The van der Waals surface area contributed by atoms with E-state index in [9.17, 15) is 0 Å². The van der Waals surface area contributed by atoms with Gasteiger partial charge < -0.3 is 24.5 Å². The average molecular weight is 559 g/mol. The maximum absolute atomic E-state index is 9.05. The van der Waals surface area contributed by atoms with Crippen LogP contribution in [-0.2, 0) is 19.6 Å². The third-order valence-electron chi connectivity index (χ3n) is 4.64. The highest BCUT2D eigenvalue weighted by Crippen LogP contribution is 2.04. The zero-order valence-electron chi connectivity index (χ0n) is 22.0. The Labute approximate surface area is 233 Å². The second kappa shape index (κ2) is 22.7. The van der Waals surface area contributed by atoms with Gasteiger partial charge in [0.15, 0.2) is 16.8 Å². The van der Waals surface area contributed by atoms with Gasteiger partial charge in [-0.05, 0) is 42.4 Å². The summed E-state index contributed by atoms with van der Waals surface area (Å²) in [6.07, 6.45) is 7.13. The largest absolute Gasteiger partial charge is 0.395 e. The summed E-state index contributed by atoms with van der Waals surface area (Å²) in [7, 11) is 0. The molecule has 0 amide bonds. The molecule has 3 aromatic rings. The molecule has 14 heteroatoms. The maximum Gasteiger partial charge on any atom is 0.350 e. The van der Waals surface area contributed by atoms with E-state index in [1.807, 2.05) is 72.5 Å². The zero-order chi connectivity index (χ0) is 28.7. The summed E-state index contributed by atoms with van der Waals surface area (Å²) in [5.41, 5.74) is 1.37. The van der Waals surface area contributed by atoms with Gasteiger partial charge in [-0.25, -0.2) is 4.57 Å². The fourth-order valence-electron chi connectivity index (χ4n) is 2.95. The molecule has 218 valence electrons. The Bertz CT molecular complexity index is 1320. The molecule has 5 N–H and O–H groups in total. The molecule has 0 saturated heterocycles. The van der Waals surface area contributed by atoms with E-state index in [4.69, 9.17) is 25.8 Å². The van der Waals surface area contributed by atoms with Crippen LogP contribution < -0.4 is 15.5 Å². The smallest absolute Gasteiger partial charge is 0.350 e. The first-order valence-corrected chi connectivity index (χ1v) is 12.0. The number of azo groups is 1.